The van der Waals surface area contributed by atoms with E-state index in [0.717, 1.165) is 44.1 Å². The Balaban J connectivity index is 1.39. The number of anilines is 1. The van der Waals surface area contributed by atoms with Crippen LogP contribution in [0.2, 0.25) is 0 Å². The van der Waals surface area contributed by atoms with Crippen molar-refractivity contribution in [3.05, 3.63) is 59.9 Å². The van der Waals surface area contributed by atoms with Crippen LogP contribution in [-0.4, -0.2) is 80.1 Å². The zero-order chi connectivity index (χ0) is 29.6. The fourth-order valence-corrected chi connectivity index (χ4v) is 6.05. The molecule has 222 valence electrons. The summed E-state index contributed by atoms with van der Waals surface area (Å²) in [5.74, 6) is -0.0620. The molecule has 0 bridgehead atoms. The van der Waals surface area contributed by atoms with Crippen LogP contribution in [0.3, 0.4) is 0 Å². The van der Waals surface area contributed by atoms with Gasteiger partial charge in [0.2, 0.25) is 11.8 Å². The molecule has 2 atom stereocenters. The number of benzene rings is 2. The Labute approximate surface area is 244 Å². The number of aryl methyl sites for hydroxylation is 1. The second kappa shape index (κ2) is 13.1. The maximum Gasteiger partial charge on any atom is 0.320 e. The number of tetrazole rings is 1. The van der Waals surface area contributed by atoms with Crippen LogP contribution in [0.15, 0.2) is 48.5 Å². The maximum atomic E-state index is 14.0. The molecule has 5 rings (SSSR count). The normalized spacial score (nSPS) is 18.0. The van der Waals surface area contributed by atoms with Gasteiger partial charge in [0.05, 0.1) is 6.42 Å². The monoisotopic (exact) mass is 576 g/mol. The molecule has 11 nitrogen and oxygen atoms in total. The number of amides is 4. The molecule has 2 aliphatic rings. The van der Waals surface area contributed by atoms with Gasteiger partial charge < -0.3 is 15.5 Å². The first-order valence-corrected chi connectivity index (χ1v) is 14.5. The highest BCUT2D eigenvalue weighted by Crippen LogP contribution is 2.28. The van der Waals surface area contributed by atoms with Crippen molar-refractivity contribution in [2.45, 2.75) is 51.0 Å². The van der Waals surface area contributed by atoms with Crippen molar-refractivity contribution in [2.75, 3.05) is 31.1 Å². The lowest BCUT2D eigenvalue weighted by molar-refractivity contribution is -0.139. The summed E-state index contributed by atoms with van der Waals surface area (Å²) in [5, 5.41) is 11.6. The minimum absolute atomic E-state index is 0.183. The molecule has 2 aromatic carbocycles. The highest BCUT2D eigenvalue weighted by Gasteiger charge is 2.37. The van der Waals surface area contributed by atoms with E-state index in [9.17, 15) is 18.8 Å². The van der Waals surface area contributed by atoms with Crippen LogP contribution < -0.4 is 10.6 Å². The quantitative estimate of drug-likeness (QED) is 0.439. The number of aromatic nitrogens is 4. The van der Waals surface area contributed by atoms with Gasteiger partial charge in [0.15, 0.2) is 5.82 Å². The van der Waals surface area contributed by atoms with Gasteiger partial charge >= 0.3 is 6.03 Å². The average Bonchev–Trinajstić information content (AvgIpc) is 3.44. The van der Waals surface area contributed by atoms with E-state index in [1.807, 2.05) is 0 Å². The Bertz CT molecular complexity index is 1410. The average molecular weight is 577 g/mol. The molecule has 2 aliphatic heterocycles. The number of nitrogens with zero attached hydrogens (tertiary/aromatic N) is 7. The molecule has 0 spiro atoms. The SMILES string of the molecule is Cn1nnnc1-c1cccc(N(C(N)=O)[C@@H](CC(=O)N2CCC[C@@H](Cc3ccc(F)cc3)C2)C(=O)N2CCCCC2)c1. The third-order valence-corrected chi connectivity index (χ3v) is 8.18. The van der Waals surface area contributed by atoms with E-state index in [4.69, 9.17) is 5.73 Å². The first kappa shape index (κ1) is 29.2. The maximum absolute atomic E-state index is 14.0. The highest BCUT2D eigenvalue weighted by atomic mass is 19.1. The van der Waals surface area contributed by atoms with E-state index in [-0.39, 0.29) is 30.0 Å². The van der Waals surface area contributed by atoms with E-state index < -0.39 is 12.1 Å². The van der Waals surface area contributed by atoms with Crippen molar-refractivity contribution in [1.29, 1.82) is 0 Å². The second-order valence-electron chi connectivity index (χ2n) is 11.2. The number of primary amides is 1. The van der Waals surface area contributed by atoms with Gasteiger partial charge in [0.1, 0.15) is 11.9 Å². The molecule has 0 saturated carbocycles. The molecule has 12 heteroatoms. The Kier molecular flexibility index (Phi) is 9.09. The lowest BCUT2D eigenvalue weighted by Gasteiger charge is -2.38. The van der Waals surface area contributed by atoms with E-state index >= 15 is 0 Å². The fourth-order valence-electron chi connectivity index (χ4n) is 6.05. The van der Waals surface area contributed by atoms with Gasteiger partial charge in [-0.3, -0.25) is 14.5 Å². The first-order valence-electron chi connectivity index (χ1n) is 14.5. The third-order valence-electron chi connectivity index (χ3n) is 8.18. The number of hydrogen-bond acceptors (Lipinski definition) is 6. The van der Waals surface area contributed by atoms with Gasteiger partial charge in [-0.25, -0.2) is 13.9 Å². The Hall–Kier alpha value is -4.35. The number of hydrogen-bond donors (Lipinski definition) is 1. The second-order valence-corrected chi connectivity index (χ2v) is 11.2. The van der Waals surface area contributed by atoms with Crippen LogP contribution in [0, 0.1) is 11.7 Å². The van der Waals surface area contributed by atoms with E-state index in [1.165, 1.54) is 21.7 Å². The van der Waals surface area contributed by atoms with Gasteiger partial charge in [0, 0.05) is 44.5 Å². The zero-order valence-corrected chi connectivity index (χ0v) is 23.9. The van der Waals surface area contributed by atoms with Crippen LogP contribution in [-0.2, 0) is 23.1 Å². The smallest absolute Gasteiger partial charge is 0.320 e. The van der Waals surface area contributed by atoms with Gasteiger partial charge in [0.25, 0.3) is 0 Å². The summed E-state index contributed by atoms with van der Waals surface area (Å²) in [5.41, 5.74) is 7.98. The molecule has 2 saturated heterocycles. The van der Waals surface area contributed by atoms with Gasteiger partial charge in [-0.15, -0.1) is 5.10 Å². The van der Waals surface area contributed by atoms with Crippen LogP contribution in [0.25, 0.3) is 11.4 Å². The largest absolute Gasteiger partial charge is 0.351 e. The fraction of sp³-hybridized carbons (Fsp3) is 0.467. The zero-order valence-electron chi connectivity index (χ0n) is 23.9. The number of likely N-dealkylation sites (tertiary alicyclic amines) is 2. The van der Waals surface area contributed by atoms with Gasteiger partial charge in [-0.2, -0.15) is 0 Å². The lowest BCUT2D eigenvalue weighted by atomic mass is 9.91. The minimum atomic E-state index is -1.10. The molecule has 42 heavy (non-hydrogen) atoms. The first-order chi connectivity index (χ1) is 20.3. The number of urea groups is 1. The van der Waals surface area contributed by atoms with Crippen molar-refractivity contribution in [3.8, 4) is 11.4 Å². The highest BCUT2D eigenvalue weighted by molar-refractivity contribution is 6.01. The Morgan fingerprint density at radius 3 is 2.45 bits per heavy atom. The molecule has 3 aromatic rings. The molecular weight excluding hydrogens is 539 g/mol. The Morgan fingerprint density at radius 2 is 1.76 bits per heavy atom. The Morgan fingerprint density at radius 1 is 1.02 bits per heavy atom. The summed E-state index contributed by atoms with van der Waals surface area (Å²) in [6.07, 6.45) is 5.10. The molecule has 0 radical (unpaired) electrons. The van der Waals surface area contributed by atoms with Crippen molar-refractivity contribution in [2.24, 2.45) is 18.7 Å². The van der Waals surface area contributed by atoms with E-state index in [2.05, 4.69) is 15.5 Å². The molecule has 2 fully saturated rings. The number of piperidine rings is 2. The number of halogens is 1. The molecule has 1 aromatic heterocycles. The number of carbonyl (C=O) groups excluding carboxylic acids is 3. The van der Waals surface area contributed by atoms with Crippen LogP contribution in [0.5, 0.6) is 0 Å². The summed E-state index contributed by atoms with van der Waals surface area (Å²) in [6.45, 7) is 2.26. The third kappa shape index (κ3) is 6.75. The summed E-state index contributed by atoms with van der Waals surface area (Å²) in [6, 6.07) is 11.5. The molecule has 4 amide bonds. The topological polar surface area (TPSA) is 131 Å². The predicted octanol–water partition coefficient (Wildman–Crippen LogP) is 3.15. The van der Waals surface area contributed by atoms with E-state index in [1.54, 1.807) is 53.2 Å². The number of rotatable bonds is 8. The van der Waals surface area contributed by atoms with E-state index in [0.29, 0.717) is 43.3 Å². The van der Waals surface area contributed by atoms with Crippen molar-refractivity contribution < 1.29 is 18.8 Å². The summed E-state index contributed by atoms with van der Waals surface area (Å²) in [4.78, 5) is 45.5. The predicted molar refractivity (Wildman–Crippen MR) is 155 cm³/mol. The molecular formula is C30H37FN8O3. The van der Waals surface area contributed by atoms with Crippen LogP contribution in [0.4, 0.5) is 14.9 Å². The standard InChI is InChI=1S/C30H37FN8O3/c1-36-28(33-34-35-36)23-8-5-9-25(18-23)39(30(32)42)26(29(41)37-14-3-2-4-15-37)19-27(40)38-16-6-7-22(20-38)17-21-10-12-24(31)13-11-21/h5,8-13,18,22,26H,2-4,6-7,14-17,19-20H2,1H3,(H2,32,42)/t22-,26-/m0/s1. The van der Waals surface area contributed by atoms with Crippen molar-refractivity contribution in [1.82, 2.24) is 30.0 Å². The molecule has 2 N–H and O–H groups in total. The minimum Gasteiger partial charge on any atom is -0.351 e. The lowest BCUT2D eigenvalue weighted by Crippen LogP contribution is -2.56. The van der Waals surface area contributed by atoms with Crippen molar-refractivity contribution in [3.63, 3.8) is 0 Å². The van der Waals surface area contributed by atoms with Crippen molar-refractivity contribution >= 4 is 23.5 Å². The van der Waals surface area contributed by atoms with Crippen LogP contribution in [0.1, 0.15) is 44.1 Å². The van der Waals surface area contributed by atoms with Gasteiger partial charge in [-0.05, 0) is 84.7 Å². The number of nitrogens with two attached hydrogens (primary N) is 1. The van der Waals surface area contributed by atoms with Gasteiger partial charge in [-0.1, -0.05) is 24.3 Å². The summed E-state index contributed by atoms with van der Waals surface area (Å²) in [7, 11) is 1.71. The molecule has 3 heterocycles. The van der Waals surface area contributed by atoms with Crippen LogP contribution >= 0.6 is 0 Å². The molecule has 0 unspecified atom stereocenters. The summed E-state index contributed by atoms with van der Waals surface area (Å²) < 4.78 is 14.9. The summed E-state index contributed by atoms with van der Waals surface area (Å²) >= 11 is 0. The number of carbonyl (C=O) groups is 3. The molecule has 0 aliphatic carbocycles.